The van der Waals surface area contributed by atoms with Gasteiger partial charge in [0.2, 0.25) is 0 Å². The Morgan fingerprint density at radius 3 is 3.00 bits per heavy atom. The number of para-hydroxylation sites is 1. The van der Waals surface area contributed by atoms with Crippen molar-refractivity contribution in [3.05, 3.63) is 29.8 Å². The molecule has 1 N–H and O–H groups in total. The van der Waals surface area contributed by atoms with E-state index in [1.807, 2.05) is 17.0 Å². The van der Waals surface area contributed by atoms with Gasteiger partial charge in [-0.1, -0.05) is 12.1 Å². The lowest BCUT2D eigenvalue weighted by atomic mass is 10.1. The molecule has 0 saturated carbocycles. The van der Waals surface area contributed by atoms with E-state index in [0.29, 0.717) is 17.2 Å². The van der Waals surface area contributed by atoms with Gasteiger partial charge in [0.05, 0.1) is 12.7 Å². The van der Waals surface area contributed by atoms with Crippen LogP contribution in [-0.2, 0) is 0 Å². The van der Waals surface area contributed by atoms with E-state index in [0.717, 1.165) is 25.9 Å². The molecule has 4 heteroatoms. The smallest absolute Gasteiger partial charge is 0.257 e. The summed E-state index contributed by atoms with van der Waals surface area (Å²) in [4.78, 5) is 14.2. The first-order chi connectivity index (χ1) is 8.76. The van der Waals surface area contributed by atoms with Crippen LogP contribution in [0.15, 0.2) is 24.3 Å². The van der Waals surface area contributed by atoms with Crippen molar-refractivity contribution >= 4 is 5.91 Å². The molecule has 0 aromatic heterocycles. The first-order valence-corrected chi connectivity index (χ1v) is 6.29. The van der Waals surface area contributed by atoms with Crippen molar-refractivity contribution in [3.8, 4) is 5.75 Å². The molecule has 1 aliphatic rings. The number of carbonyl (C=O) groups is 1. The minimum Gasteiger partial charge on any atom is -0.496 e. The topological polar surface area (TPSA) is 49.8 Å². The van der Waals surface area contributed by atoms with Gasteiger partial charge in [-0.25, -0.2) is 0 Å². The summed E-state index contributed by atoms with van der Waals surface area (Å²) in [7, 11) is 1.57. The largest absolute Gasteiger partial charge is 0.496 e. The van der Waals surface area contributed by atoms with Crippen LogP contribution < -0.4 is 4.74 Å². The fourth-order valence-corrected chi connectivity index (χ4v) is 2.43. The minimum atomic E-state index is 0.0212. The monoisotopic (exact) mass is 249 g/mol. The maximum Gasteiger partial charge on any atom is 0.257 e. The van der Waals surface area contributed by atoms with E-state index in [4.69, 9.17) is 9.84 Å². The molecule has 1 unspecified atom stereocenters. The first kappa shape index (κ1) is 12.9. The lowest BCUT2D eigenvalue weighted by Gasteiger charge is -2.18. The fourth-order valence-electron chi connectivity index (χ4n) is 2.43. The van der Waals surface area contributed by atoms with Crippen LogP contribution in [-0.4, -0.2) is 42.7 Å². The van der Waals surface area contributed by atoms with Crippen LogP contribution in [0.2, 0.25) is 0 Å². The van der Waals surface area contributed by atoms with Crippen LogP contribution >= 0.6 is 0 Å². The Bertz CT molecular complexity index is 419. The number of methoxy groups -OCH3 is 1. The predicted octanol–water partition coefficient (Wildman–Crippen LogP) is 1.54. The van der Waals surface area contributed by atoms with Gasteiger partial charge in [-0.15, -0.1) is 0 Å². The van der Waals surface area contributed by atoms with E-state index < -0.39 is 0 Å². The maximum atomic E-state index is 12.4. The second kappa shape index (κ2) is 5.87. The quantitative estimate of drug-likeness (QED) is 0.880. The number of hydrogen-bond acceptors (Lipinski definition) is 3. The summed E-state index contributed by atoms with van der Waals surface area (Å²) in [5.74, 6) is 1.06. The molecule has 1 aromatic carbocycles. The molecule has 0 aliphatic carbocycles. The highest BCUT2D eigenvalue weighted by Gasteiger charge is 2.27. The third-order valence-electron chi connectivity index (χ3n) is 3.45. The second-order valence-corrected chi connectivity index (χ2v) is 4.62. The van der Waals surface area contributed by atoms with E-state index in [1.165, 1.54) is 0 Å². The lowest BCUT2D eigenvalue weighted by Crippen LogP contribution is -2.29. The van der Waals surface area contributed by atoms with Crippen molar-refractivity contribution < 1.29 is 14.6 Å². The van der Waals surface area contributed by atoms with Crippen LogP contribution in [0, 0.1) is 5.92 Å². The molecule has 1 saturated heterocycles. The van der Waals surface area contributed by atoms with Gasteiger partial charge < -0.3 is 14.7 Å². The summed E-state index contributed by atoms with van der Waals surface area (Å²) in [5.41, 5.74) is 0.615. The molecule has 1 fully saturated rings. The summed E-state index contributed by atoms with van der Waals surface area (Å²) < 4.78 is 5.21. The summed E-state index contributed by atoms with van der Waals surface area (Å²) in [6.07, 6.45) is 1.75. The predicted molar refractivity (Wildman–Crippen MR) is 68.7 cm³/mol. The average molecular weight is 249 g/mol. The maximum absolute atomic E-state index is 12.4. The van der Waals surface area contributed by atoms with Gasteiger partial charge in [-0.05, 0) is 30.9 Å². The standard InChI is InChI=1S/C14H19NO3/c1-18-13-5-3-2-4-12(13)14(17)15-8-6-11(10-15)7-9-16/h2-5,11,16H,6-10H2,1H3. The van der Waals surface area contributed by atoms with E-state index in [1.54, 1.807) is 19.2 Å². The normalized spacial score (nSPS) is 19.0. The van der Waals surface area contributed by atoms with Gasteiger partial charge >= 0.3 is 0 Å². The number of amides is 1. The van der Waals surface area contributed by atoms with Gasteiger partial charge in [-0.3, -0.25) is 4.79 Å². The Labute approximate surface area is 107 Å². The molecule has 0 spiro atoms. The minimum absolute atomic E-state index is 0.0212. The first-order valence-electron chi connectivity index (χ1n) is 6.29. The molecule has 1 atom stereocenters. The molecule has 0 radical (unpaired) electrons. The molecule has 2 rings (SSSR count). The van der Waals surface area contributed by atoms with Gasteiger partial charge in [0, 0.05) is 19.7 Å². The van der Waals surface area contributed by atoms with E-state index in [-0.39, 0.29) is 12.5 Å². The Hall–Kier alpha value is -1.55. The van der Waals surface area contributed by atoms with E-state index in [2.05, 4.69) is 0 Å². The Balaban J connectivity index is 2.08. The molecule has 4 nitrogen and oxygen atoms in total. The fraction of sp³-hybridized carbons (Fsp3) is 0.500. The zero-order chi connectivity index (χ0) is 13.0. The van der Waals surface area contributed by atoms with Gasteiger partial charge in [0.25, 0.3) is 5.91 Å². The molecule has 1 aliphatic heterocycles. The van der Waals surface area contributed by atoms with Crippen LogP contribution in [0.5, 0.6) is 5.75 Å². The van der Waals surface area contributed by atoms with Crippen LogP contribution in [0.4, 0.5) is 0 Å². The van der Waals surface area contributed by atoms with Crippen molar-refractivity contribution in [1.82, 2.24) is 4.90 Å². The number of benzene rings is 1. The highest BCUT2D eigenvalue weighted by molar-refractivity contribution is 5.97. The van der Waals surface area contributed by atoms with Gasteiger partial charge in [-0.2, -0.15) is 0 Å². The van der Waals surface area contributed by atoms with Crippen molar-refractivity contribution in [1.29, 1.82) is 0 Å². The average Bonchev–Trinajstić information content (AvgIpc) is 2.87. The van der Waals surface area contributed by atoms with Gasteiger partial charge in [0.1, 0.15) is 5.75 Å². The van der Waals surface area contributed by atoms with Crippen LogP contribution in [0.1, 0.15) is 23.2 Å². The molecule has 98 valence electrons. The number of likely N-dealkylation sites (tertiary alicyclic amines) is 1. The molecule has 1 amide bonds. The Morgan fingerprint density at radius 2 is 2.28 bits per heavy atom. The Kier molecular flexibility index (Phi) is 4.20. The van der Waals surface area contributed by atoms with Crippen molar-refractivity contribution in [2.24, 2.45) is 5.92 Å². The van der Waals surface area contributed by atoms with Crippen molar-refractivity contribution in [2.75, 3.05) is 26.8 Å². The highest BCUT2D eigenvalue weighted by Crippen LogP contribution is 2.24. The molecular weight excluding hydrogens is 230 g/mol. The number of aliphatic hydroxyl groups is 1. The summed E-state index contributed by atoms with van der Waals surface area (Å²) >= 11 is 0. The molecule has 18 heavy (non-hydrogen) atoms. The number of nitrogens with zero attached hydrogens (tertiary/aromatic N) is 1. The zero-order valence-electron chi connectivity index (χ0n) is 10.6. The van der Waals surface area contributed by atoms with Crippen LogP contribution in [0.25, 0.3) is 0 Å². The van der Waals surface area contributed by atoms with Crippen LogP contribution in [0.3, 0.4) is 0 Å². The second-order valence-electron chi connectivity index (χ2n) is 4.62. The lowest BCUT2D eigenvalue weighted by molar-refractivity contribution is 0.0781. The summed E-state index contributed by atoms with van der Waals surface area (Å²) in [6, 6.07) is 7.29. The van der Waals surface area contributed by atoms with Crippen molar-refractivity contribution in [2.45, 2.75) is 12.8 Å². The number of carbonyl (C=O) groups excluding carboxylic acids is 1. The zero-order valence-corrected chi connectivity index (χ0v) is 10.6. The number of aliphatic hydroxyl groups excluding tert-OH is 1. The third kappa shape index (κ3) is 2.64. The molecule has 1 aromatic rings. The number of ether oxygens (including phenoxy) is 1. The third-order valence-corrected chi connectivity index (χ3v) is 3.45. The highest BCUT2D eigenvalue weighted by atomic mass is 16.5. The number of hydrogen-bond donors (Lipinski definition) is 1. The Morgan fingerprint density at radius 1 is 1.50 bits per heavy atom. The molecular formula is C14H19NO3. The van der Waals surface area contributed by atoms with E-state index >= 15 is 0 Å². The van der Waals surface area contributed by atoms with Crippen molar-refractivity contribution in [3.63, 3.8) is 0 Å². The number of rotatable bonds is 4. The summed E-state index contributed by atoms with van der Waals surface area (Å²) in [6.45, 7) is 1.69. The molecule has 1 heterocycles. The van der Waals surface area contributed by atoms with Gasteiger partial charge in [0.15, 0.2) is 0 Å². The molecule has 0 bridgehead atoms. The summed E-state index contributed by atoms with van der Waals surface area (Å²) in [5, 5.41) is 8.93. The van der Waals surface area contributed by atoms with E-state index in [9.17, 15) is 4.79 Å². The SMILES string of the molecule is COc1ccccc1C(=O)N1CCC(CCO)C1.